The van der Waals surface area contributed by atoms with E-state index in [2.05, 4.69) is 97.9 Å². The van der Waals surface area contributed by atoms with Crippen molar-refractivity contribution in [3.05, 3.63) is 175 Å². The van der Waals surface area contributed by atoms with Gasteiger partial charge in [0.15, 0.2) is 0 Å². The van der Waals surface area contributed by atoms with Crippen LogP contribution in [0.3, 0.4) is 0 Å². The van der Waals surface area contributed by atoms with Crippen LogP contribution in [0.4, 0.5) is 59.2 Å². The molecule has 0 bridgehead atoms. The number of ether oxygens (including phenoxy) is 2. The minimum absolute atomic E-state index is 0.0106. The molecule has 0 spiro atoms. The second-order valence-corrected chi connectivity index (χ2v) is 30.3. The number of anilines is 4. The first-order valence-electron chi connectivity index (χ1n) is 36.5. The predicted molar refractivity (Wildman–Crippen MR) is 416 cm³/mol. The smallest absolute Gasteiger partial charge is 0.417 e. The fourth-order valence-electron chi connectivity index (χ4n) is 13.3. The highest BCUT2D eigenvalue weighted by Crippen LogP contribution is 2.38. The van der Waals surface area contributed by atoms with Crippen LogP contribution in [0.15, 0.2) is 102 Å². The van der Waals surface area contributed by atoms with Crippen LogP contribution in [-0.4, -0.2) is 194 Å². The lowest BCUT2D eigenvalue weighted by Crippen LogP contribution is -2.45. The number of nitrogen functional groups attached to an aromatic ring is 2. The van der Waals surface area contributed by atoms with Crippen molar-refractivity contribution in [1.82, 2.24) is 68.4 Å². The molecule has 8 aromatic rings. The van der Waals surface area contributed by atoms with Crippen LogP contribution in [0.25, 0.3) is 22.8 Å². The molecule has 0 unspecified atom stereocenters. The van der Waals surface area contributed by atoms with E-state index in [4.69, 9.17) is 27.4 Å². The average Bonchev–Trinajstić information content (AvgIpc) is 1.64. The summed E-state index contributed by atoms with van der Waals surface area (Å²) in [6.45, 7) is 23.4. The molecule has 2 fully saturated rings. The van der Waals surface area contributed by atoms with Gasteiger partial charge in [0.1, 0.15) is 22.6 Å². The number of likely N-dealkylation sites (N-methyl/N-ethyl adjacent to an activating group) is 2. The topological polar surface area (TPSA) is 304 Å². The highest BCUT2D eigenvalue weighted by molar-refractivity contribution is 9.10. The van der Waals surface area contributed by atoms with Gasteiger partial charge in [-0.05, 0) is 141 Å². The summed E-state index contributed by atoms with van der Waals surface area (Å²) in [4.78, 5) is 112. The Hall–Kier alpha value is -11.1. The van der Waals surface area contributed by atoms with Gasteiger partial charge >= 0.3 is 24.5 Å². The Balaban J connectivity index is 0.000000199. The van der Waals surface area contributed by atoms with Gasteiger partial charge in [-0.2, -0.15) is 26.3 Å². The molecule has 596 valence electrons. The molecule has 0 aliphatic carbocycles. The lowest BCUT2D eigenvalue weighted by molar-refractivity contribution is -0.139. The van der Waals surface area contributed by atoms with Crippen molar-refractivity contribution in [3.8, 4) is 47.0 Å². The third-order valence-electron chi connectivity index (χ3n) is 18.9. The maximum Gasteiger partial charge on any atom is 0.417 e. The Bertz CT molecular complexity index is 5000. The third-order valence-corrected chi connectivity index (χ3v) is 19.4. The first kappa shape index (κ1) is 84.4. The van der Waals surface area contributed by atoms with Gasteiger partial charge in [0.05, 0.1) is 57.6 Å². The summed E-state index contributed by atoms with van der Waals surface area (Å²) >= 11 is 3.28. The normalized spacial score (nSPS) is 15.1. The first-order chi connectivity index (χ1) is 53.3. The van der Waals surface area contributed by atoms with Gasteiger partial charge in [-0.25, -0.2) is 39.3 Å². The molecule has 6 aromatic heterocycles. The van der Waals surface area contributed by atoms with Gasteiger partial charge in [0, 0.05) is 175 Å². The largest absolute Gasteiger partial charge is 0.443 e. The lowest BCUT2D eigenvalue weighted by atomic mass is 10.0. The number of piperazine rings is 2. The van der Waals surface area contributed by atoms with Crippen molar-refractivity contribution in [2.24, 2.45) is 14.1 Å². The number of nitrogens with one attached hydrogen (secondary N) is 2. The zero-order valence-electron chi connectivity index (χ0n) is 64.4. The molecular weight excluding hydrogens is 1530 g/mol. The number of nitrogens with two attached hydrogens (primary N) is 2. The van der Waals surface area contributed by atoms with Crippen LogP contribution in [0.5, 0.6) is 0 Å². The standard InChI is InChI=1S/C40H44F3N9O4.C21H24BrF3N4O.C19H21N5O3/c1-6-50-13-15-51(16-14-50)24-28-9-10-29(19-31(28)40(41,42)43)47-34(53)18-26-17-25(21-45-22-26)7-8-27-23-46-37(44)48-35(27)33-20-30-32(49(33)5)11-12-52(36(30)54)38(55)56-39(2,3)4;1-2-28-5-7-29(8-6-28)14-16-3-4-18(11-19(16)21(23,24)25)27-20(30)10-15-9-17(22)13-26-12-15;1-6-11-10-21-17(20)22-15(11)14-9-12-13(23(14)5)7-8-24(16(12)25)18(26)27-19(2,3)4/h9-10,17,19-23H,6,11-16,18,24H2,1-5H3,(H,47,53)(H2,44,46,48);3-4,9,11-13H,2,5-8,10,14H2,1H3,(H,27,30);1,9-10H,7-8H2,2-5H3,(H2,20,21,22). The van der Waals surface area contributed by atoms with Crippen molar-refractivity contribution >= 4 is 75.0 Å². The Morgan fingerprint density at radius 3 is 1.35 bits per heavy atom. The number of aromatic nitrogens is 8. The summed E-state index contributed by atoms with van der Waals surface area (Å²) in [6.07, 6.45) is 4.92. The SMILES string of the molecule is C#Cc1cnc(N)nc1-c1cc2c(n1C)CCN(C(=O)OC(C)(C)C)C2=O.CCN1CCN(Cc2ccc(NC(=O)Cc3cncc(Br)c3)cc2C(F)(F)F)CC1.CCN1CCN(Cc2ccc(NC(=O)Cc3cncc(C#Cc4cnc(N)nc4-c4cc5c(n4C)CCN(C(=O)OC(C)(C)C)C5=O)c3)cc2C(F)(F)F)CC1. The number of nitrogens with zero attached hydrogens (tertiary/aromatic N) is 14. The number of fused-ring (bicyclic) bond motifs is 2. The number of amides is 6. The predicted octanol–water partition coefficient (Wildman–Crippen LogP) is 11.3. The van der Waals surface area contributed by atoms with Gasteiger partial charge in [-0.1, -0.05) is 43.7 Å². The second kappa shape index (κ2) is 35.7. The number of imide groups is 2. The first-order valence-corrected chi connectivity index (χ1v) is 37.3. The molecular formula is C80H89BrF6N18O8. The number of benzene rings is 2. The van der Waals surface area contributed by atoms with E-state index in [0.717, 1.165) is 84.5 Å². The molecule has 6 amide bonds. The Morgan fingerprint density at radius 1 is 0.540 bits per heavy atom. The summed E-state index contributed by atoms with van der Waals surface area (Å²) < 4.78 is 98.6. The van der Waals surface area contributed by atoms with Gasteiger partial charge in [0.25, 0.3) is 11.8 Å². The molecule has 6 N–H and O–H groups in total. The van der Waals surface area contributed by atoms with Crippen molar-refractivity contribution < 1.29 is 64.6 Å². The van der Waals surface area contributed by atoms with Gasteiger partial charge in [-0.15, -0.1) is 6.42 Å². The molecule has 2 saturated heterocycles. The molecule has 4 aliphatic rings. The quantitative estimate of drug-likeness (QED) is 0.0581. The number of pyridine rings is 2. The Kier molecular flexibility index (Phi) is 26.7. The maximum absolute atomic E-state index is 14.1. The number of alkyl halides is 6. The van der Waals surface area contributed by atoms with Gasteiger partial charge in [-0.3, -0.25) is 38.9 Å². The second-order valence-electron chi connectivity index (χ2n) is 29.4. The van der Waals surface area contributed by atoms with E-state index in [1.54, 1.807) is 85.2 Å². The lowest BCUT2D eigenvalue weighted by Gasteiger charge is -2.34. The monoisotopic (exact) mass is 1620 g/mol. The van der Waals surface area contributed by atoms with E-state index in [0.29, 0.717) is 93.3 Å². The zero-order chi connectivity index (χ0) is 82.0. The van der Waals surface area contributed by atoms with Crippen LogP contribution in [0, 0.1) is 24.2 Å². The number of terminal acetylenes is 1. The summed E-state index contributed by atoms with van der Waals surface area (Å²) in [5.41, 5.74) is 16.1. The van der Waals surface area contributed by atoms with Crippen molar-refractivity contribution in [2.45, 2.75) is 118 Å². The summed E-state index contributed by atoms with van der Waals surface area (Å²) in [5, 5.41) is 5.16. The Morgan fingerprint density at radius 2 is 0.947 bits per heavy atom. The van der Waals surface area contributed by atoms with E-state index in [1.165, 1.54) is 49.1 Å². The highest BCUT2D eigenvalue weighted by Gasteiger charge is 2.40. The van der Waals surface area contributed by atoms with E-state index in [1.807, 2.05) is 26.0 Å². The molecule has 0 saturated carbocycles. The third kappa shape index (κ3) is 22.0. The van der Waals surface area contributed by atoms with E-state index < -0.39 is 70.5 Å². The number of hydrogen-bond donors (Lipinski definition) is 4. The Labute approximate surface area is 659 Å². The fourth-order valence-corrected chi connectivity index (χ4v) is 13.7. The zero-order valence-corrected chi connectivity index (χ0v) is 66.0. The molecule has 4 aliphatic heterocycles. The average molecular weight is 1620 g/mol. The van der Waals surface area contributed by atoms with Crippen molar-refractivity contribution in [3.63, 3.8) is 0 Å². The molecule has 10 heterocycles. The minimum atomic E-state index is -4.59. The van der Waals surface area contributed by atoms with E-state index >= 15 is 0 Å². The molecule has 113 heavy (non-hydrogen) atoms. The van der Waals surface area contributed by atoms with Gasteiger partial charge in [0.2, 0.25) is 23.7 Å². The van der Waals surface area contributed by atoms with Crippen LogP contribution in [-0.2, 0) is 84.3 Å². The van der Waals surface area contributed by atoms with Gasteiger partial charge < -0.3 is 50.5 Å². The summed E-state index contributed by atoms with van der Waals surface area (Å²) in [5.74, 6) is 6.85. The molecule has 0 radical (unpaired) electrons. The van der Waals surface area contributed by atoms with Crippen LogP contribution >= 0.6 is 15.9 Å². The number of carbonyl (C=O) groups excluding carboxylic acids is 6. The molecule has 0 atom stereocenters. The maximum atomic E-state index is 14.1. The number of halogens is 7. The minimum Gasteiger partial charge on any atom is -0.443 e. The summed E-state index contributed by atoms with van der Waals surface area (Å²) in [6, 6.07) is 14.6. The van der Waals surface area contributed by atoms with Crippen molar-refractivity contribution in [1.29, 1.82) is 0 Å². The fraction of sp³-hybridized carbons (Fsp3) is 0.400. The number of carbonyl (C=O) groups is 6. The molecule has 12 rings (SSSR count). The van der Waals surface area contributed by atoms with E-state index in [-0.39, 0.29) is 73.4 Å². The number of hydrogen-bond acceptors (Lipinski definition) is 20. The molecule has 26 nitrogen and oxygen atoms in total. The van der Waals surface area contributed by atoms with Crippen LogP contribution < -0.4 is 22.1 Å². The van der Waals surface area contributed by atoms with E-state index in [9.17, 15) is 55.1 Å². The highest BCUT2D eigenvalue weighted by atomic mass is 79.9. The molecule has 2 aromatic carbocycles. The van der Waals surface area contributed by atoms with Crippen molar-refractivity contribution in [2.75, 3.05) is 101 Å². The van der Waals surface area contributed by atoms with Crippen LogP contribution in [0.2, 0.25) is 0 Å². The van der Waals surface area contributed by atoms with Crippen LogP contribution in [0.1, 0.15) is 138 Å². The summed E-state index contributed by atoms with van der Waals surface area (Å²) in [7, 11) is 3.61. The molecule has 33 heteroatoms. The number of rotatable bonds is 14.